The van der Waals surface area contributed by atoms with E-state index in [1.807, 2.05) is 52.3 Å². The molecule has 62 heavy (non-hydrogen) atoms. The predicted octanol–water partition coefficient (Wildman–Crippen LogP) is 4.95. The molecule has 0 aromatic carbocycles. The smallest absolute Gasteiger partial charge is 0.225 e. The Morgan fingerprint density at radius 1 is 0.581 bits per heavy atom. The summed E-state index contributed by atoms with van der Waals surface area (Å²) in [4.78, 5) is 69.3. The van der Waals surface area contributed by atoms with Gasteiger partial charge < -0.3 is 26.1 Å². The number of anilines is 2. The zero-order chi connectivity index (χ0) is 43.3. The first-order valence-electron chi connectivity index (χ1n) is 22.1. The van der Waals surface area contributed by atoms with Crippen LogP contribution in [0.5, 0.6) is 0 Å². The van der Waals surface area contributed by atoms with E-state index in [0.717, 1.165) is 138 Å². The van der Waals surface area contributed by atoms with Gasteiger partial charge in [-0.15, -0.1) is 0 Å². The van der Waals surface area contributed by atoms with Crippen LogP contribution in [0.2, 0.25) is 0 Å². The van der Waals surface area contributed by atoms with Gasteiger partial charge in [0.2, 0.25) is 11.8 Å². The predicted molar refractivity (Wildman–Crippen MR) is 238 cm³/mol. The van der Waals surface area contributed by atoms with Crippen molar-refractivity contribution in [3.8, 4) is 0 Å². The number of amides is 2. The molecule has 0 radical (unpaired) electrons. The lowest BCUT2D eigenvalue weighted by Crippen LogP contribution is -2.46. The van der Waals surface area contributed by atoms with Gasteiger partial charge in [-0.25, -0.2) is 0 Å². The number of aromatic nitrogens is 4. The van der Waals surface area contributed by atoms with Crippen molar-refractivity contribution < 1.29 is 19.2 Å². The number of oxime groups is 1. The summed E-state index contributed by atoms with van der Waals surface area (Å²) in [6.45, 7) is 8.08. The lowest BCUT2D eigenvalue weighted by atomic mass is 9.88. The highest BCUT2D eigenvalue weighted by Gasteiger charge is 2.35. The third-order valence-corrected chi connectivity index (χ3v) is 13.0. The molecule has 4 aliphatic heterocycles. The quantitative estimate of drug-likeness (QED) is 0.118. The van der Waals surface area contributed by atoms with Gasteiger partial charge in [-0.05, 0) is 125 Å². The summed E-state index contributed by atoms with van der Waals surface area (Å²) < 4.78 is 0. The van der Waals surface area contributed by atoms with Crippen LogP contribution in [0.25, 0.3) is 0 Å². The molecule has 8 heterocycles. The molecule has 4 saturated heterocycles. The SMILES string of the molecule is CON=C(c1ccccn1)C1CCN(C(=O)C2CCN(Cc3ccncc3N)CC2)CC1.Nc1cnccc1CN1CCC(C(=O)N2CCC(C(=O)c3ccccn3)CC2)CC1. The number of hydrogen-bond acceptors (Lipinski definition) is 13. The van der Waals surface area contributed by atoms with E-state index in [9.17, 15) is 14.4 Å². The van der Waals surface area contributed by atoms with Crippen LogP contribution >= 0.6 is 0 Å². The first-order chi connectivity index (χ1) is 30.3. The number of pyridine rings is 4. The molecule has 4 aromatic rings. The van der Waals surface area contributed by atoms with E-state index in [0.29, 0.717) is 24.7 Å². The molecule has 4 aromatic heterocycles. The number of carbonyl (C=O) groups is 3. The lowest BCUT2D eigenvalue weighted by molar-refractivity contribution is -0.139. The number of Topliss-reactive ketones (excluding diaryl/α,β-unsaturated/α-hetero) is 1. The Morgan fingerprint density at radius 3 is 1.44 bits per heavy atom. The number of rotatable bonds is 11. The second-order valence-electron chi connectivity index (χ2n) is 16.9. The lowest BCUT2D eigenvalue weighted by Gasteiger charge is -2.37. The summed E-state index contributed by atoms with van der Waals surface area (Å²) >= 11 is 0. The van der Waals surface area contributed by atoms with Crippen molar-refractivity contribution in [3.63, 3.8) is 0 Å². The molecular formula is C47H61N11O4. The molecule has 8 rings (SSSR count). The Bertz CT molecular complexity index is 2090. The average Bonchev–Trinajstić information content (AvgIpc) is 3.33. The second-order valence-corrected chi connectivity index (χ2v) is 16.9. The van der Waals surface area contributed by atoms with Crippen molar-refractivity contribution in [2.75, 3.05) is 70.9 Å². The fourth-order valence-corrected chi connectivity index (χ4v) is 9.23. The van der Waals surface area contributed by atoms with Crippen molar-refractivity contribution in [2.45, 2.75) is 64.5 Å². The summed E-state index contributed by atoms with van der Waals surface area (Å²) in [5, 5.41) is 4.26. The number of ketones is 1. The molecule has 0 saturated carbocycles. The summed E-state index contributed by atoms with van der Waals surface area (Å²) in [5.41, 5.74) is 17.9. The Kier molecular flexibility index (Phi) is 15.6. The molecule has 0 aliphatic carbocycles. The third-order valence-electron chi connectivity index (χ3n) is 13.0. The van der Waals surface area contributed by atoms with E-state index in [4.69, 9.17) is 16.3 Å². The minimum absolute atomic E-state index is 0.0309. The summed E-state index contributed by atoms with van der Waals surface area (Å²) in [7, 11) is 1.57. The number of nitrogens with two attached hydrogens (primary N) is 2. The number of hydrogen-bond donors (Lipinski definition) is 2. The molecule has 0 spiro atoms. The molecular weight excluding hydrogens is 783 g/mol. The maximum atomic E-state index is 13.2. The molecule has 0 unspecified atom stereocenters. The second kappa shape index (κ2) is 21.8. The van der Waals surface area contributed by atoms with Gasteiger partial charge in [0.15, 0.2) is 5.78 Å². The van der Waals surface area contributed by atoms with Gasteiger partial charge in [-0.2, -0.15) is 0 Å². The van der Waals surface area contributed by atoms with Gasteiger partial charge in [-0.1, -0.05) is 17.3 Å². The van der Waals surface area contributed by atoms with Crippen LogP contribution in [0.4, 0.5) is 11.4 Å². The zero-order valence-electron chi connectivity index (χ0n) is 35.9. The van der Waals surface area contributed by atoms with Crippen molar-refractivity contribution in [1.82, 2.24) is 39.5 Å². The first-order valence-corrected chi connectivity index (χ1v) is 22.1. The van der Waals surface area contributed by atoms with E-state index in [1.165, 1.54) is 0 Å². The van der Waals surface area contributed by atoms with Crippen LogP contribution in [0.15, 0.2) is 90.9 Å². The number of nitrogens with zero attached hydrogens (tertiary/aromatic N) is 9. The monoisotopic (exact) mass is 843 g/mol. The van der Waals surface area contributed by atoms with Crippen molar-refractivity contribution in [1.29, 1.82) is 0 Å². The molecule has 2 amide bonds. The Morgan fingerprint density at radius 2 is 1.02 bits per heavy atom. The van der Waals surface area contributed by atoms with Crippen LogP contribution in [0, 0.1) is 23.7 Å². The van der Waals surface area contributed by atoms with Crippen molar-refractivity contribution in [2.24, 2.45) is 28.8 Å². The average molecular weight is 844 g/mol. The highest BCUT2D eigenvalue weighted by atomic mass is 16.6. The Hall–Kier alpha value is -5.80. The molecule has 4 aliphatic rings. The number of carbonyl (C=O) groups excluding carboxylic acids is 3. The largest absolute Gasteiger partial charge is 0.399 e. The standard InChI is InChI=1S/C24H32N6O2.C23H29N5O2/c1-32-28-23(22-4-2-3-10-27-22)18-8-14-30(15-9-18)24(31)19-6-12-29(13-7-19)17-20-5-11-26-16-21(20)25;24-20-15-25-10-4-19(20)16-27-11-5-18(6-12-27)23(30)28-13-7-17(8-14-28)22(29)21-3-1-2-9-26-21/h2-5,10-11,16,18-19H,6-9,12-15,17,25H2,1H3;1-4,9-10,15,17-18H,5-8,11-14,16,24H2. The highest BCUT2D eigenvalue weighted by Crippen LogP contribution is 2.29. The van der Waals surface area contributed by atoms with E-state index in [2.05, 4.69) is 34.9 Å². The van der Waals surface area contributed by atoms with Crippen LogP contribution in [-0.2, 0) is 27.5 Å². The molecule has 328 valence electrons. The maximum absolute atomic E-state index is 13.2. The fourth-order valence-electron chi connectivity index (χ4n) is 9.23. The summed E-state index contributed by atoms with van der Waals surface area (Å²) in [6, 6.07) is 15.2. The van der Waals surface area contributed by atoms with E-state index < -0.39 is 0 Å². The van der Waals surface area contributed by atoms with Crippen molar-refractivity contribution in [3.05, 3.63) is 108 Å². The van der Waals surface area contributed by atoms with Crippen LogP contribution in [0.1, 0.15) is 78.7 Å². The molecule has 15 heteroatoms. The normalized spacial score (nSPS) is 19.1. The third kappa shape index (κ3) is 11.6. The molecule has 4 N–H and O–H groups in total. The minimum Gasteiger partial charge on any atom is -0.399 e. The van der Waals surface area contributed by atoms with Gasteiger partial charge in [0.25, 0.3) is 0 Å². The Balaban J connectivity index is 0.000000187. The Labute approximate surface area is 364 Å². The van der Waals surface area contributed by atoms with E-state index >= 15 is 0 Å². The van der Waals surface area contributed by atoms with Gasteiger partial charge in [0.1, 0.15) is 18.5 Å². The highest BCUT2D eigenvalue weighted by molar-refractivity contribution is 6.00. The minimum atomic E-state index is -0.0309. The van der Waals surface area contributed by atoms with E-state index in [-0.39, 0.29) is 35.4 Å². The van der Waals surface area contributed by atoms with Crippen molar-refractivity contribution >= 4 is 34.7 Å². The fraction of sp³-hybridized carbons (Fsp3) is 0.489. The zero-order valence-corrected chi connectivity index (χ0v) is 35.9. The molecule has 15 nitrogen and oxygen atoms in total. The summed E-state index contributed by atoms with van der Waals surface area (Å²) in [6.07, 6.45) is 17.1. The van der Waals surface area contributed by atoms with E-state index in [1.54, 1.807) is 50.4 Å². The maximum Gasteiger partial charge on any atom is 0.225 e. The van der Waals surface area contributed by atoms with Gasteiger partial charge >= 0.3 is 0 Å². The topological polar surface area (TPSA) is 189 Å². The van der Waals surface area contributed by atoms with Crippen LogP contribution < -0.4 is 11.5 Å². The molecule has 0 bridgehead atoms. The molecule has 4 fully saturated rings. The number of piperidine rings is 4. The van der Waals surface area contributed by atoms with Gasteiger partial charge in [0, 0.05) is 87.7 Å². The number of nitrogen functional groups attached to an aromatic ring is 2. The first kappa shape index (κ1) is 44.3. The van der Waals surface area contributed by atoms with Crippen LogP contribution in [-0.4, -0.2) is 122 Å². The van der Waals surface area contributed by atoms with Crippen LogP contribution in [0.3, 0.4) is 0 Å². The summed E-state index contributed by atoms with van der Waals surface area (Å²) in [5.74, 6) is 1.07. The van der Waals surface area contributed by atoms with Gasteiger partial charge in [-0.3, -0.25) is 44.1 Å². The number of likely N-dealkylation sites (tertiary alicyclic amines) is 4. The molecule has 0 atom stereocenters. The van der Waals surface area contributed by atoms with Gasteiger partial charge in [0.05, 0.1) is 29.5 Å².